The Labute approximate surface area is 194 Å². The first-order valence-corrected chi connectivity index (χ1v) is 10.6. The first kappa shape index (κ1) is 22.2. The summed E-state index contributed by atoms with van der Waals surface area (Å²) in [6.07, 6.45) is -1.51. The third-order valence-corrected chi connectivity index (χ3v) is 5.94. The Balaban J connectivity index is 1.48. The van der Waals surface area contributed by atoms with Gasteiger partial charge in [-0.25, -0.2) is 0 Å². The van der Waals surface area contributed by atoms with Crippen molar-refractivity contribution in [1.29, 1.82) is 0 Å². The van der Waals surface area contributed by atoms with Crippen LogP contribution in [0.5, 0.6) is 5.75 Å². The van der Waals surface area contributed by atoms with Crippen LogP contribution in [-0.4, -0.2) is 37.3 Å². The molecule has 2 heterocycles. The summed E-state index contributed by atoms with van der Waals surface area (Å²) in [5, 5.41) is 15.2. The van der Waals surface area contributed by atoms with E-state index in [1.54, 1.807) is 43.5 Å². The fourth-order valence-electron chi connectivity index (χ4n) is 3.83. The van der Waals surface area contributed by atoms with Crippen LogP contribution in [-0.2, 0) is 14.4 Å². The Morgan fingerprint density at radius 1 is 1.09 bits per heavy atom. The standard InChI is InChI=1S/C21H21Cl2N5O4/c1-32-12-5-3-11(4-6-12)24-21-27-18-17(20(31)28-21)13(9-16(29)26-18)19(30)25-15-8-10(22)2-7-14(15)23/h2-8,13,17-18,21,24,27H,9H2,1H3,(H,25,30)(H,26,29)(H,28,31). The minimum atomic E-state index is -0.891. The van der Waals surface area contributed by atoms with Gasteiger partial charge in [-0.05, 0) is 42.5 Å². The molecule has 0 saturated carbocycles. The van der Waals surface area contributed by atoms with Crippen LogP contribution in [0, 0.1) is 11.8 Å². The van der Waals surface area contributed by atoms with Crippen molar-refractivity contribution in [3.63, 3.8) is 0 Å². The molecule has 2 aromatic rings. The number of ether oxygens (including phenoxy) is 1. The molecule has 11 heteroatoms. The summed E-state index contributed by atoms with van der Waals surface area (Å²) in [7, 11) is 1.57. The Morgan fingerprint density at radius 2 is 1.84 bits per heavy atom. The van der Waals surface area contributed by atoms with Crippen molar-refractivity contribution in [3.8, 4) is 5.75 Å². The quantitative estimate of drug-likeness (QED) is 0.449. The van der Waals surface area contributed by atoms with Crippen molar-refractivity contribution in [2.75, 3.05) is 17.7 Å². The molecule has 0 aliphatic carbocycles. The molecule has 4 unspecified atom stereocenters. The average molecular weight is 478 g/mol. The average Bonchev–Trinajstić information content (AvgIpc) is 2.76. The second kappa shape index (κ2) is 9.23. The monoisotopic (exact) mass is 477 g/mol. The summed E-state index contributed by atoms with van der Waals surface area (Å²) < 4.78 is 5.14. The molecule has 9 nitrogen and oxygen atoms in total. The molecule has 2 aliphatic rings. The number of halogens is 2. The number of benzene rings is 2. The van der Waals surface area contributed by atoms with Crippen LogP contribution in [0.3, 0.4) is 0 Å². The van der Waals surface area contributed by atoms with Gasteiger partial charge in [0, 0.05) is 17.1 Å². The largest absolute Gasteiger partial charge is 0.497 e. The Kier molecular flexibility index (Phi) is 6.40. The highest BCUT2D eigenvalue weighted by atomic mass is 35.5. The Hall–Kier alpha value is -3.01. The van der Waals surface area contributed by atoms with Gasteiger partial charge in [0.25, 0.3) is 0 Å². The number of fused-ring (bicyclic) bond motifs is 1. The maximum absolute atomic E-state index is 13.0. The molecular formula is C21H21Cl2N5O4. The molecule has 5 N–H and O–H groups in total. The number of carbonyl (C=O) groups excluding carboxylic acids is 3. The maximum atomic E-state index is 13.0. The zero-order valence-corrected chi connectivity index (χ0v) is 18.5. The molecule has 2 aliphatic heterocycles. The van der Waals surface area contributed by atoms with Crippen LogP contribution in [0.1, 0.15) is 6.42 Å². The minimum Gasteiger partial charge on any atom is -0.497 e. The number of rotatable bonds is 5. The summed E-state index contributed by atoms with van der Waals surface area (Å²) in [6.45, 7) is 0. The van der Waals surface area contributed by atoms with Crippen LogP contribution in [0.25, 0.3) is 0 Å². The van der Waals surface area contributed by atoms with Crippen molar-refractivity contribution >= 4 is 52.3 Å². The summed E-state index contributed by atoms with van der Waals surface area (Å²) in [6, 6.07) is 11.8. The van der Waals surface area contributed by atoms with Crippen LogP contribution >= 0.6 is 23.2 Å². The molecule has 0 bridgehead atoms. The molecule has 0 radical (unpaired) electrons. The van der Waals surface area contributed by atoms with E-state index in [-0.39, 0.29) is 18.2 Å². The van der Waals surface area contributed by atoms with Crippen LogP contribution < -0.4 is 31.3 Å². The van der Waals surface area contributed by atoms with Gasteiger partial charge < -0.3 is 26.0 Å². The smallest absolute Gasteiger partial charge is 0.229 e. The number of piperidine rings is 1. The lowest BCUT2D eigenvalue weighted by atomic mass is 9.81. The lowest BCUT2D eigenvalue weighted by Crippen LogP contribution is -2.72. The van der Waals surface area contributed by atoms with Gasteiger partial charge in [-0.1, -0.05) is 23.2 Å². The lowest BCUT2D eigenvalue weighted by Gasteiger charge is -2.43. The number of methoxy groups -OCH3 is 1. The first-order chi connectivity index (χ1) is 15.3. The van der Waals surface area contributed by atoms with E-state index in [0.717, 1.165) is 5.69 Å². The molecular weight excluding hydrogens is 457 g/mol. The molecule has 0 spiro atoms. The van der Waals surface area contributed by atoms with Gasteiger partial charge in [0.2, 0.25) is 17.7 Å². The number of anilines is 2. The minimum absolute atomic E-state index is 0.128. The van der Waals surface area contributed by atoms with Crippen molar-refractivity contribution in [1.82, 2.24) is 16.0 Å². The molecule has 2 fully saturated rings. The van der Waals surface area contributed by atoms with Crippen LogP contribution in [0.15, 0.2) is 42.5 Å². The number of carbonyl (C=O) groups is 3. The van der Waals surface area contributed by atoms with Crippen molar-refractivity contribution in [2.24, 2.45) is 11.8 Å². The first-order valence-electron chi connectivity index (χ1n) is 9.86. The summed E-state index contributed by atoms with van der Waals surface area (Å²) in [5.41, 5.74) is 1.05. The van der Waals surface area contributed by atoms with Crippen LogP contribution in [0.2, 0.25) is 10.0 Å². The summed E-state index contributed by atoms with van der Waals surface area (Å²) in [5.74, 6) is -2.19. The van der Waals surface area contributed by atoms with E-state index >= 15 is 0 Å². The highest BCUT2D eigenvalue weighted by Gasteiger charge is 2.48. The third-order valence-electron chi connectivity index (χ3n) is 5.37. The Bertz CT molecular complexity index is 1050. The zero-order valence-electron chi connectivity index (χ0n) is 16.9. The van der Waals surface area contributed by atoms with Gasteiger partial charge in [0.1, 0.15) is 5.75 Å². The van der Waals surface area contributed by atoms with Gasteiger partial charge >= 0.3 is 0 Å². The second-order valence-corrected chi connectivity index (χ2v) is 8.32. The van der Waals surface area contributed by atoms with Gasteiger partial charge in [-0.15, -0.1) is 0 Å². The molecule has 4 rings (SSSR count). The Morgan fingerprint density at radius 3 is 2.56 bits per heavy atom. The van der Waals surface area contributed by atoms with Gasteiger partial charge in [0.05, 0.1) is 35.8 Å². The van der Waals surface area contributed by atoms with Gasteiger partial charge in [-0.3, -0.25) is 19.7 Å². The van der Waals surface area contributed by atoms with E-state index in [9.17, 15) is 14.4 Å². The molecule has 3 amide bonds. The van der Waals surface area contributed by atoms with E-state index in [1.807, 2.05) is 0 Å². The van der Waals surface area contributed by atoms with E-state index < -0.39 is 30.2 Å². The van der Waals surface area contributed by atoms with E-state index in [0.29, 0.717) is 21.5 Å². The topological polar surface area (TPSA) is 121 Å². The second-order valence-electron chi connectivity index (χ2n) is 7.48. The highest BCUT2D eigenvalue weighted by molar-refractivity contribution is 6.35. The summed E-state index contributed by atoms with van der Waals surface area (Å²) in [4.78, 5) is 38.2. The predicted molar refractivity (Wildman–Crippen MR) is 120 cm³/mol. The number of hydrogen-bond acceptors (Lipinski definition) is 6. The van der Waals surface area contributed by atoms with Gasteiger partial charge in [-0.2, -0.15) is 0 Å². The number of amides is 3. The fourth-order valence-corrected chi connectivity index (χ4v) is 4.16. The number of nitrogens with one attached hydrogen (secondary N) is 5. The summed E-state index contributed by atoms with van der Waals surface area (Å²) >= 11 is 12.1. The molecule has 4 atom stereocenters. The van der Waals surface area contributed by atoms with Crippen LogP contribution in [0.4, 0.5) is 11.4 Å². The number of hydrogen-bond donors (Lipinski definition) is 5. The zero-order chi connectivity index (χ0) is 22.8. The molecule has 32 heavy (non-hydrogen) atoms. The van der Waals surface area contributed by atoms with Crippen molar-refractivity contribution in [2.45, 2.75) is 18.9 Å². The lowest BCUT2D eigenvalue weighted by molar-refractivity contribution is -0.144. The predicted octanol–water partition coefficient (Wildman–Crippen LogP) is 2.13. The maximum Gasteiger partial charge on any atom is 0.229 e. The SMILES string of the molecule is COc1ccc(NC2NC(=O)C3C(NC(=O)CC3C(=O)Nc3cc(Cl)ccc3Cl)N2)cc1. The van der Waals surface area contributed by atoms with Crippen molar-refractivity contribution in [3.05, 3.63) is 52.5 Å². The normalized spacial score (nSPS) is 24.6. The highest BCUT2D eigenvalue weighted by Crippen LogP contribution is 2.30. The molecule has 2 aromatic carbocycles. The molecule has 168 valence electrons. The van der Waals surface area contributed by atoms with E-state index in [4.69, 9.17) is 27.9 Å². The fraction of sp³-hybridized carbons (Fsp3) is 0.286. The van der Waals surface area contributed by atoms with Gasteiger partial charge in [0.15, 0.2) is 6.29 Å². The van der Waals surface area contributed by atoms with Crippen molar-refractivity contribution < 1.29 is 19.1 Å². The van der Waals surface area contributed by atoms with E-state index in [1.165, 1.54) is 6.07 Å². The van der Waals surface area contributed by atoms with E-state index in [2.05, 4.69) is 26.6 Å². The third kappa shape index (κ3) is 4.74. The molecule has 0 aromatic heterocycles. The molecule has 2 saturated heterocycles.